The van der Waals surface area contributed by atoms with Crippen LogP contribution in [0.15, 0.2) is 18.3 Å². The fraction of sp³-hybridized carbons (Fsp3) is 0.500. The summed E-state index contributed by atoms with van der Waals surface area (Å²) in [5, 5.41) is 0. The Labute approximate surface area is 77.8 Å². The first-order chi connectivity index (χ1) is 6.18. The van der Waals surface area contributed by atoms with Gasteiger partial charge in [0.05, 0.1) is 6.61 Å². The maximum Gasteiger partial charge on any atom is 0.216 e. The standard InChI is InChI=1S/C10H14FNO/c1-8(2)4-6-13-10-7-9(11)3-5-12-10/h3,5,7-8H,4,6H2,1-2H3. The summed E-state index contributed by atoms with van der Waals surface area (Å²) in [6.45, 7) is 4.82. The van der Waals surface area contributed by atoms with Crippen molar-refractivity contribution in [1.82, 2.24) is 4.98 Å². The van der Waals surface area contributed by atoms with Crippen LogP contribution in [0.25, 0.3) is 0 Å². The lowest BCUT2D eigenvalue weighted by atomic mass is 10.1. The highest BCUT2D eigenvalue weighted by Gasteiger charge is 1.98. The van der Waals surface area contributed by atoms with Crippen molar-refractivity contribution in [2.75, 3.05) is 6.61 Å². The van der Waals surface area contributed by atoms with Crippen LogP contribution in [0.2, 0.25) is 0 Å². The van der Waals surface area contributed by atoms with Gasteiger partial charge in [-0.05, 0) is 18.4 Å². The monoisotopic (exact) mass is 183 g/mol. The fourth-order valence-electron chi connectivity index (χ4n) is 0.863. The van der Waals surface area contributed by atoms with E-state index in [2.05, 4.69) is 18.8 Å². The smallest absolute Gasteiger partial charge is 0.216 e. The topological polar surface area (TPSA) is 22.1 Å². The third-order valence-corrected chi connectivity index (χ3v) is 1.64. The van der Waals surface area contributed by atoms with Crippen molar-refractivity contribution < 1.29 is 9.13 Å². The van der Waals surface area contributed by atoms with Crippen LogP contribution in [0.4, 0.5) is 4.39 Å². The maximum atomic E-state index is 12.6. The Morgan fingerprint density at radius 1 is 1.54 bits per heavy atom. The highest BCUT2D eigenvalue weighted by Crippen LogP contribution is 2.09. The molecule has 0 fully saturated rings. The minimum atomic E-state index is -0.311. The molecule has 2 nitrogen and oxygen atoms in total. The van der Waals surface area contributed by atoms with Gasteiger partial charge in [-0.2, -0.15) is 0 Å². The van der Waals surface area contributed by atoms with Crippen molar-refractivity contribution in [3.05, 3.63) is 24.1 Å². The van der Waals surface area contributed by atoms with E-state index in [9.17, 15) is 4.39 Å². The molecule has 0 aromatic carbocycles. The van der Waals surface area contributed by atoms with E-state index in [-0.39, 0.29) is 5.82 Å². The third-order valence-electron chi connectivity index (χ3n) is 1.64. The van der Waals surface area contributed by atoms with Crippen LogP contribution in [-0.4, -0.2) is 11.6 Å². The van der Waals surface area contributed by atoms with Gasteiger partial charge in [-0.15, -0.1) is 0 Å². The van der Waals surface area contributed by atoms with Crippen molar-refractivity contribution in [1.29, 1.82) is 0 Å². The van der Waals surface area contributed by atoms with Crippen molar-refractivity contribution in [2.45, 2.75) is 20.3 Å². The number of aromatic nitrogens is 1. The molecule has 0 aliphatic heterocycles. The van der Waals surface area contributed by atoms with Crippen LogP contribution in [0.5, 0.6) is 5.88 Å². The van der Waals surface area contributed by atoms with Gasteiger partial charge < -0.3 is 4.74 Å². The molecule has 0 radical (unpaired) electrons. The second kappa shape index (κ2) is 4.80. The molecule has 0 aliphatic rings. The van der Waals surface area contributed by atoms with Gasteiger partial charge in [0.25, 0.3) is 0 Å². The Morgan fingerprint density at radius 3 is 2.92 bits per heavy atom. The molecule has 0 saturated heterocycles. The van der Waals surface area contributed by atoms with Crippen LogP contribution in [-0.2, 0) is 0 Å². The van der Waals surface area contributed by atoms with Gasteiger partial charge in [-0.3, -0.25) is 0 Å². The van der Waals surface area contributed by atoms with Gasteiger partial charge in [0.15, 0.2) is 0 Å². The second-order valence-electron chi connectivity index (χ2n) is 3.34. The highest BCUT2D eigenvalue weighted by molar-refractivity contribution is 5.11. The summed E-state index contributed by atoms with van der Waals surface area (Å²) in [5.74, 6) is 0.642. The number of nitrogens with zero attached hydrogens (tertiary/aromatic N) is 1. The third kappa shape index (κ3) is 3.87. The lowest BCUT2D eigenvalue weighted by Crippen LogP contribution is -2.02. The number of halogens is 1. The molecule has 0 N–H and O–H groups in total. The zero-order chi connectivity index (χ0) is 9.68. The number of hydrogen-bond donors (Lipinski definition) is 0. The number of rotatable bonds is 4. The Kier molecular flexibility index (Phi) is 3.68. The molecule has 1 aromatic rings. The Hall–Kier alpha value is -1.12. The van der Waals surface area contributed by atoms with Gasteiger partial charge >= 0.3 is 0 Å². The first kappa shape index (κ1) is 9.96. The van der Waals surface area contributed by atoms with E-state index in [1.165, 1.54) is 18.3 Å². The molecule has 0 spiro atoms. The van der Waals surface area contributed by atoms with E-state index in [4.69, 9.17) is 4.74 Å². The zero-order valence-electron chi connectivity index (χ0n) is 7.96. The largest absolute Gasteiger partial charge is 0.478 e. The highest BCUT2D eigenvalue weighted by atomic mass is 19.1. The molecule has 0 atom stereocenters. The molecular formula is C10H14FNO. The average molecular weight is 183 g/mol. The van der Waals surface area contributed by atoms with E-state index in [1.807, 2.05) is 0 Å². The molecule has 0 unspecified atom stereocenters. The molecule has 1 heterocycles. The van der Waals surface area contributed by atoms with Gasteiger partial charge in [0.2, 0.25) is 5.88 Å². The van der Waals surface area contributed by atoms with Crippen molar-refractivity contribution >= 4 is 0 Å². The van der Waals surface area contributed by atoms with Gasteiger partial charge in [-0.1, -0.05) is 13.8 Å². The Morgan fingerprint density at radius 2 is 2.31 bits per heavy atom. The number of hydrogen-bond acceptors (Lipinski definition) is 2. The summed E-state index contributed by atoms with van der Waals surface area (Å²) in [7, 11) is 0. The van der Waals surface area contributed by atoms with Crippen molar-refractivity contribution in [3.8, 4) is 5.88 Å². The molecule has 0 aliphatic carbocycles. The predicted octanol–water partition coefficient (Wildman–Crippen LogP) is 2.65. The first-order valence-corrected chi connectivity index (χ1v) is 4.43. The lowest BCUT2D eigenvalue weighted by Gasteiger charge is -2.06. The zero-order valence-corrected chi connectivity index (χ0v) is 7.96. The summed E-state index contributed by atoms with van der Waals surface area (Å²) >= 11 is 0. The molecule has 0 saturated carbocycles. The summed E-state index contributed by atoms with van der Waals surface area (Å²) in [6.07, 6.45) is 2.36. The number of ether oxygens (including phenoxy) is 1. The van der Waals surface area contributed by atoms with Crippen LogP contribution in [0.3, 0.4) is 0 Å². The Balaban J connectivity index is 2.37. The van der Waals surface area contributed by atoms with E-state index in [1.54, 1.807) is 0 Å². The van der Waals surface area contributed by atoms with Crippen LogP contribution >= 0.6 is 0 Å². The molecule has 0 amide bonds. The fourth-order valence-corrected chi connectivity index (χ4v) is 0.863. The molecule has 13 heavy (non-hydrogen) atoms. The normalized spacial score (nSPS) is 10.5. The van der Waals surface area contributed by atoms with Crippen LogP contribution in [0.1, 0.15) is 20.3 Å². The van der Waals surface area contributed by atoms with E-state index in [0.717, 1.165) is 6.42 Å². The van der Waals surface area contributed by atoms with Crippen LogP contribution in [0, 0.1) is 11.7 Å². The van der Waals surface area contributed by atoms with Gasteiger partial charge in [-0.25, -0.2) is 9.37 Å². The minimum Gasteiger partial charge on any atom is -0.478 e. The van der Waals surface area contributed by atoms with E-state index >= 15 is 0 Å². The van der Waals surface area contributed by atoms with Crippen LogP contribution < -0.4 is 4.74 Å². The lowest BCUT2D eigenvalue weighted by molar-refractivity contribution is 0.278. The average Bonchev–Trinajstić information content (AvgIpc) is 2.03. The molecular weight excluding hydrogens is 169 g/mol. The van der Waals surface area contributed by atoms with Crippen molar-refractivity contribution in [3.63, 3.8) is 0 Å². The molecule has 72 valence electrons. The molecule has 1 rings (SSSR count). The SMILES string of the molecule is CC(C)CCOc1cc(F)ccn1. The predicted molar refractivity (Wildman–Crippen MR) is 49.1 cm³/mol. The molecule has 3 heteroatoms. The number of pyridine rings is 1. The van der Waals surface area contributed by atoms with E-state index < -0.39 is 0 Å². The summed E-state index contributed by atoms with van der Waals surface area (Å²) in [5.41, 5.74) is 0. The second-order valence-corrected chi connectivity index (χ2v) is 3.34. The summed E-state index contributed by atoms with van der Waals surface area (Å²) < 4.78 is 17.9. The van der Waals surface area contributed by atoms with Gasteiger partial charge in [0.1, 0.15) is 5.82 Å². The first-order valence-electron chi connectivity index (χ1n) is 4.43. The maximum absolute atomic E-state index is 12.6. The van der Waals surface area contributed by atoms with E-state index in [0.29, 0.717) is 18.4 Å². The Bertz CT molecular complexity index is 263. The van der Waals surface area contributed by atoms with Gasteiger partial charge in [0, 0.05) is 12.3 Å². The minimum absolute atomic E-state index is 0.311. The van der Waals surface area contributed by atoms with Crippen molar-refractivity contribution in [2.24, 2.45) is 5.92 Å². The molecule has 0 bridgehead atoms. The summed E-state index contributed by atoms with van der Waals surface area (Å²) in [4.78, 5) is 3.87. The quantitative estimate of drug-likeness (QED) is 0.715. The molecule has 1 aromatic heterocycles. The summed E-state index contributed by atoms with van der Waals surface area (Å²) in [6, 6.07) is 2.59.